The van der Waals surface area contributed by atoms with E-state index in [-0.39, 0.29) is 6.04 Å². The minimum Gasteiger partial charge on any atom is -0.493 e. The summed E-state index contributed by atoms with van der Waals surface area (Å²) in [5.74, 6) is 0.878. The van der Waals surface area contributed by atoms with Crippen molar-refractivity contribution in [2.75, 3.05) is 6.61 Å². The van der Waals surface area contributed by atoms with E-state index in [0.29, 0.717) is 19.4 Å². The minimum absolute atomic E-state index is 0.226. The van der Waals surface area contributed by atoms with Crippen LogP contribution in [-0.4, -0.2) is 23.9 Å². The molecule has 1 aromatic carbocycles. The van der Waals surface area contributed by atoms with Gasteiger partial charge < -0.3 is 15.6 Å². The number of benzene rings is 1. The average Bonchev–Trinajstić information content (AvgIpc) is 2.41. The molecule has 3 N–H and O–H groups in total. The lowest BCUT2D eigenvalue weighted by Gasteiger charge is -2.19. The Morgan fingerprint density at radius 1 is 1.40 bits per heavy atom. The highest BCUT2D eigenvalue weighted by atomic mass is 35.5. The smallest absolute Gasteiger partial charge is 0.123 e. The van der Waals surface area contributed by atoms with Gasteiger partial charge in [0.25, 0.3) is 0 Å². The fraction of sp³-hybridized carbons (Fsp3) is 0.625. The highest BCUT2D eigenvalue weighted by Gasteiger charge is 2.16. The number of hydrogen-bond acceptors (Lipinski definition) is 3. The Bertz CT molecular complexity index is 447. The summed E-state index contributed by atoms with van der Waals surface area (Å²) < 4.78 is 5.82. The van der Waals surface area contributed by atoms with E-state index in [4.69, 9.17) is 22.1 Å². The van der Waals surface area contributed by atoms with E-state index in [1.54, 1.807) is 0 Å². The molecule has 0 fully saturated rings. The highest BCUT2D eigenvalue weighted by molar-refractivity contribution is 6.32. The number of aliphatic hydroxyl groups excluding tert-OH is 1. The SMILES string of the molecule is CCCOc1cc(C)c(Cl)c(C)c1CCC(O)C(C)N. The quantitative estimate of drug-likeness (QED) is 0.811. The maximum Gasteiger partial charge on any atom is 0.123 e. The van der Waals surface area contributed by atoms with Crippen LogP contribution < -0.4 is 10.5 Å². The molecule has 3 nitrogen and oxygen atoms in total. The molecular formula is C16H26ClNO2. The van der Waals surface area contributed by atoms with E-state index in [1.165, 1.54) is 0 Å². The van der Waals surface area contributed by atoms with Crippen LogP contribution in [0.1, 0.15) is 43.4 Å². The molecule has 0 radical (unpaired) electrons. The zero-order chi connectivity index (χ0) is 15.3. The second kappa shape index (κ2) is 7.87. The number of aliphatic hydroxyl groups is 1. The van der Waals surface area contributed by atoms with Gasteiger partial charge in [-0.25, -0.2) is 0 Å². The Labute approximate surface area is 127 Å². The standard InChI is InChI=1S/C16H26ClNO2/c1-5-8-20-15-9-10(2)16(17)11(3)13(15)6-7-14(19)12(4)18/h9,12,14,19H,5-8,18H2,1-4H3. The van der Waals surface area contributed by atoms with Gasteiger partial charge in [-0.2, -0.15) is 0 Å². The van der Waals surface area contributed by atoms with Crippen molar-refractivity contribution in [1.82, 2.24) is 0 Å². The first-order valence-electron chi connectivity index (χ1n) is 7.23. The summed E-state index contributed by atoms with van der Waals surface area (Å²) in [6.45, 7) is 8.56. The van der Waals surface area contributed by atoms with Crippen LogP contribution in [0.5, 0.6) is 5.75 Å². The fourth-order valence-corrected chi connectivity index (χ4v) is 2.34. The molecule has 0 saturated heterocycles. The summed E-state index contributed by atoms with van der Waals surface area (Å²) in [6, 6.07) is 1.76. The predicted octanol–water partition coefficient (Wildman–Crippen LogP) is 3.39. The second-order valence-corrected chi connectivity index (χ2v) is 5.80. The first-order valence-corrected chi connectivity index (χ1v) is 7.61. The molecular weight excluding hydrogens is 274 g/mol. The summed E-state index contributed by atoms with van der Waals surface area (Å²) in [5.41, 5.74) is 8.84. The van der Waals surface area contributed by atoms with Crippen LogP contribution >= 0.6 is 11.6 Å². The van der Waals surface area contributed by atoms with Crippen LogP contribution in [-0.2, 0) is 6.42 Å². The third-order valence-corrected chi connectivity index (χ3v) is 4.11. The van der Waals surface area contributed by atoms with Gasteiger partial charge in [0.2, 0.25) is 0 Å². The molecule has 0 saturated carbocycles. The van der Waals surface area contributed by atoms with E-state index >= 15 is 0 Å². The Morgan fingerprint density at radius 2 is 2.05 bits per heavy atom. The topological polar surface area (TPSA) is 55.5 Å². The second-order valence-electron chi connectivity index (χ2n) is 5.42. The van der Waals surface area contributed by atoms with Crippen molar-refractivity contribution in [3.05, 3.63) is 27.8 Å². The molecule has 114 valence electrons. The van der Waals surface area contributed by atoms with Gasteiger partial charge in [0.05, 0.1) is 12.7 Å². The normalized spacial score (nSPS) is 14.2. The van der Waals surface area contributed by atoms with Crippen LogP contribution in [0.4, 0.5) is 0 Å². The molecule has 0 heterocycles. The van der Waals surface area contributed by atoms with Crippen molar-refractivity contribution in [2.24, 2.45) is 5.73 Å². The van der Waals surface area contributed by atoms with Crippen LogP contribution in [0.25, 0.3) is 0 Å². The largest absolute Gasteiger partial charge is 0.493 e. The summed E-state index contributed by atoms with van der Waals surface area (Å²) in [6.07, 6.45) is 1.78. The molecule has 0 bridgehead atoms. The summed E-state index contributed by atoms with van der Waals surface area (Å²) in [7, 11) is 0. The van der Waals surface area contributed by atoms with Crippen molar-refractivity contribution in [1.29, 1.82) is 0 Å². The van der Waals surface area contributed by atoms with E-state index in [1.807, 2.05) is 26.8 Å². The van der Waals surface area contributed by atoms with Crippen LogP contribution in [0, 0.1) is 13.8 Å². The lowest BCUT2D eigenvalue weighted by Crippen LogP contribution is -2.31. The maximum atomic E-state index is 9.87. The Kier molecular flexibility index (Phi) is 6.80. The van der Waals surface area contributed by atoms with Gasteiger partial charge >= 0.3 is 0 Å². The molecule has 0 amide bonds. The maximum absolute atomic E-state index is 9.87. The molecule has 4 heteroatoms. The number of ether oxygens (including phenoxy) is 1. The van der Waals surface area contributed by atoms with Crippen molar-refractivity contribution in [2.45, 2.75) is 59.1 Å². The molecule has 0 aromatic heterocycles. The number of nitrogens with two attached hydrogens (primary N) is 1. The predicted molar refractivity (Wildman–Crippen MR) is 84.7 cm³/mol. The summed E-state index contributed by atoms with van der Waals surface area (Å²) in [5, 5.41) is 10.6. The summed E-state index contributed by atoms with van der Waals surface area (Å²) >= 11 is 6.32. The average molecular weight is 300 g/mol. The molecule has 2 unspecified atom stereocenters. The van der Waals surface area contributed by atoms with E-state index < -0.39 is 6.10 Å². The first-order chi connectivity index (χ1) is 9.38. The zero-order valence-electron chi connectivity index (χ0n) is 12.9. The van der Waals surface area contributed by atoms with Gasteiger partial charge in [0.15, 0.2) is 0 Å². The van der Waals surface area contributed by atoms with Crippen molar-refractivity contribution in [3.8, 4) is 5.75 Å². The number of aryl methyl sites for hydroxylation is 1. The Hall–Kier alpha value is -0.770. The Morgan fingerprint density at radius 3 is 2.60 bits per heavy atom. The minimum atomic E-state index is -0.506. The Balaban J connectivity index is 2.98. The molecule has 0 spiro atoms. The van der Waals surface area contributed by atoms with E-state index in [9.17, 15) is 5.11 Å². The molecule has 0 aliphatic rings. The number of halogens is 1. The highest BCUT2D eigenvalue weighted by Crippen LogP contribution is 2.33. The third-order valence-electron chi connectivity index (χ3n) is 3.53. The first kappa shape index (κ1) is 17.3. The van der Waals surface area contributed by atoms with Gasteiger partial charge in [-0.05, 0) is 62.8 Å². The third kappa shape index (κ3) is 4.37. The molecule has 1 aromatic rings. The van der Waals surface area contributed by atoms with E-state index in [0.717, 1.165) is 33.9 Å². The molecule has 2 atom stereocenters. The lowest BCUT2D eigenvalue weighted by molar-refractivity contribution is 0.141. The van der Waals surface area contributed by atoms with Crippen molar-refractivity contribution >= 4 is 11.6 Å². The van der Waals surface area contributed by atoms with Gasteiger partial charge in [0, 0.05) is 11.1 Å². The van der Waals surface area contributed by atoms with Crippen LogP contribution in [0.2, 0.25) is 5.02 Å². The molecule has 20 heavy (non-hydrogen) atoms. The molecule has 1 rings (SSSR count). The molecule has 0 aliphatic carbocycles. The lowest BCUT2D eigenvalue weighted by atomic mass is 9.97. The fourth-order valence-electron chi connectivity index (χ4n) is 2.17. The van der Waals surface area contributed by atoms with Crippen molar-refractivity contribution < 1.29 is 9.84 Å². The van der Waals surface area contributed by atoms with E-state index in [2.05, 4.69) is 6.92 Å². The summed E-state index contributed by atoms with van der Waals surface area (Å²) in [4.78, 5) is 0. The van der Waals surface area contributed by atoms with Crippen LogP contribution in [0.15, 0.2) is 6.07 Å². The molecule has 0 aliphatic heterocycles. The zero-order valence-corrected chi connectivity index (χ0v) is 13.6. The number of hydrogen-bond donors (Lipinski definition) is 2. The monoisotopic (exact) mass is 299 g/mol. The van der Waals surface area contributed by atoms with Crippen LogP contribution in [0.3, 0.4) is 0 Å². The van der Waals surface area contributed by atoms with Gasteiger partial charge in [-0.15, -0.1) is 0 Å². The van der Waals surface area contributed by atoms with Gasteiger partial charge in [-0.1, -0.05) is 18.5 Å². The van der Waals surface area contributed by atoms with Gasteiger partial charge in [-0.3, -0.25) is 0 Å². The van der Waals surface area contributed by atoms with Gasteiger partial charge in [0.1, 0.15) is 5.75 Å². The number of rotatable bonds is 7. The van der Waals surface area contributed by atoms with Crippen molar-refractivity contribution in [3.63, 3.8) is 0 Å².